The van der Waals surface area contributed by atoms with Crippen molar-refractivity contribution < 1.29 is 0 Å². The number of nitrogens with one attached hydrogen (secondary N) is 2. The predicted octanol–water partition coefficient (Wildman–Crippen LogP) is 2.44. The lowest BCUT2D eigenvalue weighted by atomic mass is 10.2. The van der Waals surface area contributed by atoms with Gasteiger partial charge in [0.25, 0.3) is 0 Å². The molecule has 2 N–H and O–H groups in total. The van der Waals surface area contributed by atoms with E-state index < -0.39 is 0 Å². The van der Waals surface area contributed by atoms with Gasteiger partial charge >= 0.3 is 0 Å². The lowest BCUT2D eigenvalue weighted by molar-refractivity contribution is 0.959. The molecule has 1 aliphatic rings. The molecule has 15 heavy (non-hydrogen) atoms. The van der Waals surface area contributed by atoms with Crippen LogP contribution in [0.15, 0.2) is 23.2 Å². The van der Waals surface area contributed by atoms with Gasteiger partial charge in [0.1, 0.15) is 0 Å². The summed E-state index contributed by atoms with van der Waals surface area (Å²) in [5, 5.41) is 7.04. The minimum Gasteiger partial charge on any atom is -0.354 e. The highest BCUT2D eigenvalue weighted by atomic mass is 35.5. The number of anilines is 1. The molecule has 0 aliphatic carbocycles. The number of hydrogen-bond acceptors (Lipinski definition) is 3. The van der Waals surface area contributed by atoms with Gasteiger partial charge in [0.15, 0.2) is 5.96 Å². The van der Waals surface area contributed by atoms with Crippen LogP contribution in [0.2, 0.25) is 5.02 Å². The van der Waals surface area contributed by atoms with Crippen molar-refractivity contribution in [1.29, 1.82) is 0 Å². The largest absolute Gasteiger partial charge is 0.354 e. The molecular weight excluding hydrogens is 233 g/mol. The molecule has 0 bridgehead atoms. The van der Waals surface area contributed by atoms with E-state index in [-0.39, 0.29) is 12.4 Å². The summed E-state index contributed by atoms with van der Waals surface area (Å²) in [7, 11) is 0. The number of benzene rings is 1. The van der Waals surface area contributed by atoms with Crippen molar-refractivity contribution in [2.45, 2.75) is 6.92 Å². The molecule has 0 aromatic heterocycles. The molecule has 1 aromatic rings. The third-order valence-electron chi connectivity index (χ3n) is 2.12. The molecule has 0 amide bonds. The summed E-state index contributed by atoms with van der Waals surface area (Å²) >= 11 is 6.13. The van der Waals surface area contributed by atoms with Crippen LogP contribution in [0, 0.1) is 6.92 Å². The third-order valence-corrected chi connectivity index (χ3v) is 2.62. The molecule has 82 valence electrons. The van der Waals surface area contributed by atoms with E-state index in [2.05, 4.69) is 15.6 Å². The van der Waals surface area contributed by atoms with Gasteiger partial charge in [-0.05, 0) is 18.6 Å². The first-order chi connectivity index (χ1) is 6.77. The van der Waals surface area contributed by atoms with Crippen LogP contribution in [0.25, 0.3) is 0 Å². The van der Waals surface area contributed by atoms with E-state index in [1.54, 1.807) is 0 Å². The van der Waals surface area contributed by atoms with Crippen LogP contribution < -0.4 is 10.6 Å². The maximum atomic E-state index is 6.13. The molecular formula is C10H13Cl2N3. The molecule has 2 rings (SSSR count). The average molecular weight is 246 g/mol. The Balaban J connectivity index is 0.00000112. The van der Waals surface area contributed by atoms with Crippen molar-refractivity contribution >= 4 is 35.7 Å². The van der Waals surface area contributed by atoms with Crippen LogP contribution in [0.5, 0.6) is 0 Å². The fraction of sp³-hybridized carbons (Fsp3) is 0.300. The first kappa shape index (κ1) is 12.1. The van der Waals surface area contributed by atoms with E-state index >= 15 is 0 Å². The van der Waals surface area contributed by atoms with Crippen molar-refractivity contribution in [3.05, 3.63) is 28.8 Å². The molecule has 0 radical (unpaired) electrons. The third kappa shape index (κ3) is 2.76. The second kappa shape index (κ2) is 5.24. The zero-order chi connectivity index (χ0) is 9.97. The second-order valence-electron chi connectivity index (χ2n) is 3.22. The number of halogens is 2. The summed E-state index contributed by atoms with van der Waals surface area (Å²) in [5.74, 6) is 0.803. The monoisotopic (exact) mass is 245 g/mol. The van der Waals surface area contributed by atoms with E-state index in [1.807, 2.05) is 25.1 Å². The van der Waals surface area contributed by atoms with Crippen molar-refractivity contribution in [3.8, 4) is 0 Å². The van der Waals surface area contributed by atoms with Gasteiger partial charge in [0, 0.05) is 6.54 Å². The summed E-state index contributed by atoms with van der Waals surface area (Å²) in [6.45, 7) is 3.70. The van der Waals surface area contributed by atoms with Crippen molar-refractivity contribution in [1.82, 2.24) is 5.32 Å². The summed E-state index contributed by atoms with van der Waals surface area (Å²) in [5.41, 5.74) is 1.97. The molecule has 0 atom stereocenters. The van der Waals surface area contributed by atoms with Gasteiger partial charge in [-0.15, -0.1) is 12.4 Å². The number of nitrogens with zero attached hydrogens (tertiary/aromatic N) is 1. The van der Waals surface area contributed by atoms with E-state index in [1.165, 1.54) is 0 Å². The minimum absolute atomic E-state index is 0. The van der Waals surface area contributed by atoms with Crippen LogP contribution in [0.3, 0.4) is 0 Å². The predicted molar refractivity (Wildman–Crippen MR) is 67.4 cm³/mol. The molecule has 1 aliphatic heterocycles. The molecule has 0 saturated carbocycles. The van der Waals surface area contributed by atoms with Crippen molar-refractivity contribution in [2.75, 3.05) is 18.4 Å². The Kier molecular flexibility index (Phi) is 4.24. The van der Waals surface area contributed by atoms with Gasteiger partial charge < -0.3 is 10.6 Å². The summed E-state index contributed by atoms with van der Waals surface area (Å²) in [6, 6.07) is 5.90. The lowest BCUT2D eigenvalue weighted by Gasteiger charge is -2.09. The number of hydrogen-bond donors (Lipinski definition) is 2. The molecule has 0 unspecified atom stereocenters. The molecule has 0 saturated heterocycles. The molecule has 5 heteroatoms. The zero-order valence-corrected chi connectivity index (χ0v) is 9.95. The van der Waals surface area contributed by atoms with Gasteiger partial charge in [0.05, 0.1) is 17.3 Å². The number of guanidine groups is 1. The first-order valence-corrected chi connectivity index (χ1v) is 4.95. The standard InChI is InChI=1S/C10H12ClN3.ClH/c1-7-3-2-4-8(9(7)11)14-10-12-5-6-13-10;/h2-4H,5-6H2,1H3,(H2,12,13,14);1H. The van der Waals surface area contributed by atoms with E-state index in [4.69, 9.17) is 11.6 Å². The van der Waals surface area contributed by atoms with Gasteiger partial charge in [-0.1, -0.05) is 23.7 Å². The lowest BCUT2D eigenvalue weighted by Crippen LogP contribution is -2.26. The zero-order valence-electron chi connectivity index (χ0n) is 8.38. The highest BCUT2D eigenvalue weighted by Crippen LogP contribution is 2.24. The molecule has 1 heterocycles. The van der Waals surface area contributed by atoms with Crippen molar-refractivity contribution in [3.63, 3.8) is 0 Å². The Morgan fingerprint density at radius 3 is 2.93 bits per heavy atom. The van der Waals surface area contributed by atoms with Gasteiger partial charge in [-0.3, -0.25) is 4.99 Å². The maximum Gasteiger partial charge on any atom is 0.195 e. The molecule has 3 nitrogen and oxygen atoms in total. The number of rotatable bonds is 1. The number of aliphatic imine (C=N–C) groups is 1. The van der Waals surface area contributed by atoms with Gasteiger partial charge in [-0.25, -0.2) is 0 Å². The Labute approximate surface area is 100 Å². The SMILES string of the molecule is Cc1cccc(NC2=NCCN2)c1Cl.Cl. The Bertz CT molecular complexity index is 377. The van der Waals surface area contributed by atoms with Crippen LogP contribution in [-0.4, -0.2) is 19.0 Å². The Hall–Kier alpha value is -0.930. The average Bonchev–Trinajstić information content (AvgIpc) is 2.66. The smallest absolute Gasteiger partial charge is 0.195 e. The number of aryl methyl sites for hydroxylation is 1. The summed E-state index contributed by atoms with van der Waals surface area (Å²) in [6.07, 6.45) is 0. The van der Waals surface area contributed by atoms with E-state index in [9.17, 15) is 0 Å². The van der Waals surface area contributed by atoms with Crippen LogP contribution in [0.4, 0.5) is 5.69 Å². The molecule has 0 fully saturated rings. The van der Waals surface area contributed by atoms with Crippen LogP contribution in [0.1, 0.15) is 5.56 Å². The summed E-state index contributed by atoms with van der Waals surface area (Å²) < 4.78 is 0. The molecule has 1 aromatic carbocycles. The van der Waals surface area contributed by atoms with E-state index in [0.29, 0.717) is 0 Å². The molecule has 0 spiro atoms. The van der Waals surface area contributed by atoms with Crippen LogP contribution >= 0.6 is 24.0 Å². The van der Waals surface area contributed by atoms with Crippen molar-refractivity contribution in [2.24, 2.45) is 4.99 Å². The maximum absolute atomic E-state index is 6.13. The second-order valence-corrected chi connectivity index (χ2v) is 3.60. The highest BCUT2D eigenvalue weighted by molar-refractivity contribution is 6.34. The topological polar surface area (TPSA) is 36.4 Å². The van der Waals surface area contributed by atoms with Gasteiger partial charge in [0.2, 0.25) is 0 Å². The fourth-order valence-electron chi connectivity index (χ4n) is 1.35. The Morgan fingerprint density at radius 2 is 2.27 bits per heavy atom. The first-order valence-electron chi connectivity index (χ1n) is 4.58. The highest BCUT2D eigenvalue weighted by Gasteiger charge is 2.07. The minimum atomic E-state index is 0. The van der Waals surface area contributed by atoms with E-state index in [0.717, 1.165) is 35.3 Å². The van der Waals surface area contributed by atoms with Crippen LogP contribution in [-0.2, 0) is 0 Å². The van der Waals surface area contributed by atoms with Gasteiger partial charge in [-0.2, -0.15) is 0 Å². The fourth-order valence-corrected chi connectivity index (χ4v) is 1.53. The summed E-state index contributed by atoms with van der Waals surface area (Å²) in [4.78, 5) is 4.24. The normalized spacial score (nSPS) is 13.9. The quantitative estimate of drug-likeness (QED) is 0.798. The Morgan fingerprint density at radius 1 is 1.47 bits per heavy atom.